The maximum Gasteiger partial charge on any atom is 0.157 e. The van der Waals surface area contributed by atoms with Gasteiger partial charge in [-0.15, -0.1) is 0 Å². The lowest BCUT2D eigenvalue weighted by Crippen LogP contribution is -2.24. The van der Waals surface area contributed by atoms with Crippen molar-refractivity contribution in [2.45, 2.75) is 12.5 Å². The molecule has 0 amide bonds. The minimum atomic E-state index is 0.162. The van der Waals surface area contributed by atoms with Crippen LogP contribution in [0.25, 0.3) is 5.65 Å². The summed E-state index contributed by atoms with van der Waals surface area (Å²) in [6.45, 7) is 0.742. The second-order valence-corrected chi connectivity index (χ2v) is 4.88. The number of para-hydroxylation sites is 1. The summed E-state index contributed by atoms with van der Waals surface area (Å²) in [6, 6.07) is 12.0. The van der Waals surface area contributed by atoms with E-state index in [1.54, 1.807) is 10.7 Å². The van der Waals surface area contributed by atoms with Gasteiger partial charge in [-0.3, -0.25) is 0 Å². The Morgan fingerprint density at radius 3 is 3.15 bits per heavy atom. The SMILES string of the molecule is c1ccc2c(c1)CC(CNc1ccn3nccc3n1)O2. The van der Waals surface area contributed by atoms with Crippen LogP contribution in [0.5, 0.6) is 5.75 Å². The molecule has 1 atom stereocenters. The Hall–Kier alpha value is -2.56. The topological polar surface area (TPSA) is 51.5 Å². The van der Waals surface area contributed by atoms with Crippen molar-refractivity contribution in [3.63, 3.8) is 0 Å². The number of nitrogens with one attached hydrogen (secondary N) is 1. The van der Waals surface area contributed by atoms with Gasteiger partial charge in [0.05, 0.1) is 12.7 Å². The highest BCUT2D eigenvalue weighted by atomic mass is 16.5. The van der Waals surface area contributed by atoms with E-state index in [-0.39, 0.29) is 6.10 Å². The van der Waals surface area contributed by atoms with E-state index >= 15 is 0 Å². The zero-order valence-electron chi connectivity index (χ0n) is 10.9. The normalized spacial score (nSPS) is 16.9. The van der Waals surface area contributed by atoms with Crippen LogP contribution in [0.15, 0.2) is 48.8 Å². The van der Waals surface area contributed by atoms with Crippen LogP contribution in [0.4, 0.5) is 5.82 Å². The van der Waals surface area contributed by atoms with Gasteiger partial charge in [0.25, 0.3) is 0 Å². The van der Waals surface area contributed by atoms with Gasteiger partial charge in [0.1, 0.15) is 17.7 Å². The third-order valence-corrected chi connectivity index (χ3v) is 3.48. The summed E-state index contributed by atoms with van der Waals surface area (Å²) < 4.78 is 7.64. The van der Waals surface area contributed by atoms with Crippen LogP contribution in [0.2, 0.25) is 0 Å². The molecule has 3 heterocycles. The largest absolute Gasteiger partial charge is 0.488 e. The monoisotopic (exact) mass is 266 g/mol. The van der Waals surface area contributed by atoms with Crippen LogP contribution in [0, 0.1) is 0 Å². The molecule has 0 aliphatic carbocycles. The third kappa shape index (κ3) is 1.97. The molecule has 100 valence electrons. The van der Waals surface area contributed by atoms with E-state index in [2.05, 4.69) is 21.5 Å². The highest BCUT2D eigenvalue weighted by Gasteiger charge is 2.21. The molecule has 5 nitrogen and oxygen atoms in total. The predicted molar refractivity (Wildman–Crippen MR) is 76.0 cm³/mol. The first kappa shape index (κ1) is 11.3. The molecule has 0 fully saturated rings. The molecule has 0 saturated heterocycles. The van der Waals surface area contributed by atoms with Crippen LogP contribution in [-0.2, 0) is 6.42 Å². The number of nitrogens with zero attached hydrogens (tertiary/aromatic N) is 3. The molecule has 1 aliphatic rings. The number of hydrogen-bond donors (Lipinski definition) is 1. The summed E-state index contributed by atoms with van der Waals surface area (Å²) in [7, 11) is 0. The van der Waals surface area contributed by atoms with Gasteiger partial charge in [0, 0.05) is 18.7 Å². The van der Waals surface area contributed by atoms with Crippen molar-refractivity contribution in [1.82, 2.24) is 14.6 Å². The predicted octanol–water partition coefficient (Wildman–Crippen LogP) is 2.14. The van der Waals surface area contributed by atoms with Gasteiger partial charge in [-0.25, -0.2) is 9.50 Å². The maximum absolute atomic E-state index is 5.89. The molecule has 5 heteroatoms. The van der Waals surface area contributed by atoms with E-state index in [0.717, 1.165) is 30.2 Å². The first-order chi connectivity index (χ1) is 9.88. The maximum atomic E-state index is 5.89. The quantitative estimate of drug-likeness (QED) is 0.789. The van der Waals surface area contributed by atoms with E-state index in [1.165, 1.54) is 5.56 Å². The Labute approximate surface area is 116 Å². The molecule has 0 spiro atoms. The van der Waals surface area contributed by atoms with E-state index in [4.69, 9.17) is 4.74 Å². The van der Waals surface area contributed by atoms with Gasteiger partial charge >= 0.3 is 0 Å². The van der Waals surface area contributed by atoms with Crippen molar-refractivity contribution in [1.29, 1.82) is 0 Å². The molecule has 0 bridgehead atoms. The van der Waals surface area contributed by atoms with Gasteiger partial charge in [-0.05, 0) is 17.7 Å². The Morgan fingerprint density at radius 2 is 2.20 bits per heavy atom. The van der Waals surface area contributed by atoms with Gasteiger partial charge in [-0.1, -0.05) is 18.2 Å². The van der Waals surface area contributed by atoms with Crippen molar-refractivity contribution >= 4 is 11.5 Å². The summed E-state index contributed by atoms with van der Waals surface area (Å²) in [5.41, 5.74) is 2.11. The number of aromatic nitrogens is 3. The molecule has 4 rings (SSSR count). The Morgan fingerprint density at radius 1 is 1.25 bits per heavy atom. The first-order valence-corrected chi connectivity index (χ1v) is 6.67. The average Bonchev–Trinajstić information content (AvgIpc) is 3.10. The highest BCUT2D eigenvalue weighted by Crippen LogP contribution is 2.28. The Bertz CT molecular complexity index is 727. The average molecular weight is 266 g/mol. The van der Waals surface area contributed by atoms with E-state index in [1.807, 2.05) is 36.5 Å². The Kier molecular flexibility index (Phi) is 2.55. The van der Waals surface area contributed by atoms with E-state index in [9.17, 15) is 0 Å². The lowest BCUT2D eigenvalue weighted by molar-refractivity contribution is 0.246. The minimum Gasteiger partial charge on any atom is -0.488 e. The zero-order valence-corrected chi connectivity index (χ0v) is 10.9. The smallest absolute Gasteiger partial charge is 0.157 e. The van der Waals surface area contributed by atoms with Crippen molar-refractivity contribution < 1.29 is 4.74 Å². The standard InChI is InChI=1S/C15H14N4O/c1-2-4-13-11(3-1)9-12(20-13)10-16-14-6-8-19-15(18-14)5-7-17-19/h1-8,12H,9-10H2,(H,16,18). The van der Waals surface area contributed by atoms with Crippen LogP contribution in [-0.4, -0.2) is 27.2 Å². The Balaban J connectivity index is 1.44. The van der Waals surface area contributed by atoms with Crippen LogP contribution < -0.4 is 10.1 Å². The van der Waals surface area contributed by atoms with Crippen LogP contribution in [0.1, 0.15) is 5.56 Å². The van der Waals surface area contributed by atoms with E-state index in [0.29, 0.717) is 0 Å². The molecule has 0 saturated carbocycles. The molecule has 1 aliphatic heterocycles. The molecule has 1 unspecified atom stereocenters. The van der Waals surface area contributed by atoms with Crippen molar-refractivity contribution in [3.8, 4) is 5.75 Å². The molecule has 0 radical (unpaired) electrons. The number of ether oxygens (including phenoxy) is 1. The fraction of sp³-hybridized carbons (Fsp3) is 0.200. The first-order valence-electron chi connectivity index (χ1n) is 6.67. The molecule has 20 heavy (non-hydrogen) atoms. The van der Waals surface area contributed by atoms with Gasteiger partial charge in [0.15, 0.2) is 5.65 Å². The third-order valence-electron chi connectivity index (χ3n) is 3.48. The fourth-order valence-electron chi connectivity index (χ4n) is 2.50. The molecule has 1 aromatic carbocycles. The number of rotatable bonds is 3. The second kappa shape index (κ2) is 4.52. The molecule has 2 aromatic heterocycles. The lowest BCUT2D eigenvalue weighted by atomic mass is 10.1. The molecular weight excluding hydrogens is 252 g/mol. The van der Waals surface area contributed by atoms with Crippen LogP contribution in [0.3, 0.4) is 0 Å². The summed E-state index contributed by atoms with van der Waals surface area (Å²) in [5, 5.41) is 7.45. The van der Waals surface area contributed by atoms with Gasteiger partial charge < -0.3 is 10.1 Å². The summed E-state index contributed by atoms with van der Waals surface area (Å²) in [6.07, 6.45) is 4.74. The number of hydrogen-bond acceptors (Lipinski definition) is 4. The zero-order chi connectivity index (χ0) is 13.4. The summed E-state index contributed by atoms with van der Waals surface area (Å²) in [5.74, 6) is 1.84. The van der Waals surface area contributed by atoms with Crippen molar-refractivity contribution in [2.24, 2.45) is 0 Å². The van der Waals surface area contributed by atoms with E-state index < -0.39 is 0 Å². The highest BCUT2D eigenvalue weighted by molar-refractivity contribution is 5.46. The fourth-order valence-corrected chi connectivity index (χ4v) is 2.50. The molecular formula is C15H14N4O. The molecule has 1 N–H and O–H groups in total. The van der Waals surface area contributed by atoms with Crippen LogP contribution >= 0.6 is 0 Å². The van der Waals surface area contributed by atoms with Gasteiger partial charge in [0.2, 0.25) is 0 Å². The van der Waals surface area contributed by atoms with Crippen molar-refractivity contribution in [2.75, 3.05) is 11.9 Å². The number of benzene rings is 1. The summed E-state index contributed by atoms with van der Waals surface area (Å²) in [4.78, 5) is 4.48. The summed E-state index contributed by atoms with van der Waals surface area (Å²) >= 11 is 0. The molecule has 3 aromatic rings. The number of fused-ring (bicyclic) bond motifs is 2. The second-order valence-electron chi connectivity index (χ2n) is 4.88. The van der Waals surface area contributed by atoms with Gasteiger partial charge in [-0.2, -0.15) is 5.10 Å². The number of anilines is 1. The minimum absolute atomic E-state index is 0.162. The lowest BCUT2D eigenvalue weighted by Gasteiger charge is -2.12. The van der Waals surface area contributed by atoms with Crippen molar-refractivity contribution in [3.05, 3.63) is 54.4 Å².